The van der Waals surface area contributed by atoms with E-state index >= 15 is 0 Å². The van der Waals surface area contributed by atoms with Gasteiger partial charge in [-0.05, 0) is 18.2 Å². The van der Waals surface area contributed by atoms with Crippen molar-refractivity contribution in [1.29, 1.82) is 0 Å². The summed E-state index contributed by atoms with van der Waals surface area (Å²) in [4.78, 5) is 0.178. The zero-order valence-corrected chi connectivity index (χ0v) is 10.5. The Hall–Kier alpha value is -1.53. The van der Waals surface area contributed by atoms with E-state index in [1.807, 2.05) is 0 Å². The number of sulfone groups is 1. The molecule has 0 bridgehead atoms. The maximum Gasteiger partial charge on any atom is 0.175 e. The second-order valence-electron chi connectivity index (χ2n) is 3.60. The lowest BCUT2D eigenvalue weighted by Crippen LogP contribution is -2.03. The predicted molar refractivity (Wildman–Crippen MR) is 66.1 cm³/mol. The Morgan fingerprint density at radius 3 is 2.59 bits per heavy atom. The number of hydrogen-bond acceptors (Lipinski definition) is 4. The molecule has 0 spiro atoms. The number of halogens is 1. The SMILES string of the molecule is CS(=O)(=O)c1ccc(-n2cc(Cl)cn2)c(N)c1. The van der Waals surface area contributed by atoms with Gasteiger partial charge in [-0.3, -0.25) is 0 Å². The number of aromatic nitrogens is 2. The fourth-order valence-corrected chi connectivity index (χ4v) is 2.20. The minimum absolute atomic E-state index is 0.178. The topological polar surface area (TPSA) is 78.0 Å². The predicted octanol–water partition coefficient (Wildman–Crippen LogP) is 1.51. The quantitative estimate of drug-likeness (QED) is 0.840. The maximum atomic E-state index is 11.3. The highest BCUT2D eigenvalue weighted by Gasteiger charge is 2.10. The summed E-state index contributed by atoms with van der Waals surface area (Å²) >= 11 is 5.75. The Labute approximate surface area is 104 Å². The fourth-order valence-electron chi connectivity index (χ4n) is 1.40. The number of hydrogen-bond donors (Lipinski definition) is 1. The molecule has 0 atom stereocenters. The molecular formula is C10H10ClN3O2S. The lowest BCUT2D eigenvalue weighted by molar-refractivity contribution is 0.602. The molecule has 0 fully saturated rings. The van der Waals surface area contributed by atoms with Crippen molar-refractivity contribution < 1.29 is 8.42 Å². The van der Waals surface area contributed by atoms with Gasteiger partial charge in [0, 0.05) is 12.5 Å². The smallest absolute Gasteiger partial charge is 0.175 e. The molecule has 2 aromatic rings. The number of benzene rings is 1. The standard InChI is InChI=1S/C10H10ClN3O2S/c1-17(15,16)8-2-3-10(9(12)4-8)14-6-7(11)5-13-14/h2-6H,12H2,1H3. The minimum atomic E-state index is -3.25. The van der Waals surface area contributed by atoms with Crippen molar-refractivity contribution in [3.8, 4) is 5.69 Å². The van der Waals surface area contributed by atoms with Gasteiger partial charge in [0.05, 0.1) is 27.5 Å². The molecule has 0 saturated heterocycles. The van der Waals surface area contributed by atoms with E-state index in [0.717, 1.165) is 6.26 Å². The Kier molecular flexibility index (Phi) is 2.84. The van der Waals surface area contributed by atoms with Crippen LogP contribution >= 0.6 is 11.6 Å². The molecule has 5 nitrogen and oxygen atoms in total. The zero-order chi connectivity index (χ0) is 12.6. The summed E-state index contributed by atoms with van der Waals surface area (Å²) in [7, 11) is -3.25. The highest BCUT2D eigenvalue weighted by molar-refractivity contribution is 7.90. The third-order valence-corrected chi connectivity index (χ3v) is 3.53. The fraction of sp³-hybridized carbons (Fsp3) is 0.100. The molecule has 90 valence electrons. The Morgan fingerprint density at radius 2 is 2.12 bits per heavy atom. The Morgan fingerprint density at radius 1 is 1.41 bits per heavy atom. The van der Waals surface area contributed by atoms with Crippen molar-refractivity contribution >= 4 is 27.1 Å². The second kappa shape index (κ2) is 4.05. The highest BCUT2D eigenvalue weighted by atomic mass is 35.5. The Bertz CT molecular complexity index is 664. The summed E-state index contributed by atoms with van der Waals surface area (Å²) in [6, 6.07) is 4.48. The van der Waals surface area contributed by atoms with E-state index < -0.39 is 9.84 Å². The molecule has 0 radical (unpaired) electrons. The summed E-state index contributed by atoms with van der Waals surface area (Å²) < 4.78 is 24.2. The third kappa shape index (κ3) is 2.42. The average Bonchev–Trinajstić information content (AvgIpc) is 2.63. The Balaban J connectivity index is 2.53. The van der Waals surface area contributed by atoms with Crippen molar-refractivity contribution in [1.82, 2.24) is 9.78 Å². The molecule has 1 aromatic carbocycles. The van der Waals surface area contributed by atoms with E-state index in [0.29, 0.717) is 16.4 Å². The van der Waals surface area contributed by atoms with Gasteiger partial charge in [-0.1, -0.05) is 11.6 Å². The van der Waals surface area contributed by atoms with Crippen LogP contribution in [0.4, 0.5) is 5.69 Å². The van der Waals surface area contributed by atoms with Crippen molar-refractivity contribution in [2.75, 3.05) is 12.0 Å². The molecule has 0 saturated carbocycles. The van der Waals surface area contributed by atoms with E-state index in [9.17, 15) is 8.42 Å². The number of anilines is 1. The zero-order valence-electron chi connectivity index (χ0n) is 8.96. The van der Waals surface area contributed by atoms with E-state index in [1.165, 1.54) is 23.0 Å². The molecule has 0 unspecified atom stereocenters. The molecular weight excluding hydrogens is 262 g/mol. The van der Waals surface area contributed by atoms with Gasteiger partial charge in [0.15, 0.2) is 9.84 Å². The molecule has 2 rings (SSSR count). The molecule has 0 amide bonds. The van der Waals surface area contributed by atoms with Crippen LogP contribution in [0.15, 0.2) is 35.5 Å². The van der Waals surface area contributed by atoms with Crippen LogP contribution in [0, 0.1) is 0 Å². The van der Waals surface area contributed by atoms with Crippen LogP contribution in [0.2, 0.25) is 5.02 Å². The van der Waals surface area contributed by atoms with Crippen LogP contribution in [0.5, 0.6) is 0 Å². The monoisotopic (exact) mass is 271 g/mol. The maximum absolute atomic E-state index is 11.3. The average molecular weight is 272 g/mol. The summed E-state index contributed by atoms with van der Waals surface area (Å²) in [5.74, 6) is 0. The van der Waals surface area contributed by atoms with E-state index in [1.54, 1.807) is 12.3 Å². The lowest BCUT2D eigenvalue weighted by Gasteiger charge is -2.07. The van der Waals surface area contributed by atoms with E-state index in [-0.39, 0.29) is 4.90 Å². The van der Waals surface area contributed by atoms with E-state index in [4.69, 9.17) is 17.3 Å². The number of nitrogen functional groups attached to an aromatic ring is 1. The van der Waals surface area contributed by atoms with Crippen molar-refractivity contribution in [2.24, 2.45) is 0 Å². The number of nitrogens with zero attached hydrogens (tertiary/aromatic N) is 2. The molecule has 1 heterocycles. The van der Waals surface area contributed by atoms with Gasteiger partial charge in [-0.2, -0.15) is 5.10 Å². The first-order valence-corrected chi connectivity index (χ1v) is 6.95. The third-order valence-electron chi connectivity index (χ3n) is 2.23. The van der Waals surface area contributed by atoms with Gasteiger partial charge in [0.1, 0.15) is 0 Å². The van der Waals surface area contributed by atoms with Gasteiger partial charge >= 0.3 is 0 Å². The van der Waals surface area contributed by atoms with Gasteiger partial charge in [0.25, 0.3) is 0 Å². The van der Waals surface area contributed by atoms with Gasteiger partial charge < -0.3 is 5.73 Å². The highest BCUT2D eigenvalue weighted by Crippen LogP contribution is 2.22. The first kappa shape index (κ1) is 11.9. The van der Waals surface area contributed by atoms with Crippen molar-refractivity contribution in [2.45, 2.75) is 4.90 Å². The summed E-state index contributed by atoms with van der Waals surface area (Å²) in [5.41, 5.74) is 6.70. The molecule has 0 aliphatic carbocycles. The molecule has 1 aromatic heterocycles. The summed E-state index contributed by atoms with van der Waals surface area (Å²) in [5, 5.41) is 4.48. The minimum Gasteiger partial charge on any atom is -0.397 e. The normalized spacial score (nSPS) is 11.6. The molecule has 0 aliphatic rings. The number of rotatable bonds is 2. The number of nitrogens with two attached hydrogens (primary N) is 1. The van der Waals surface area contributed by atoms with Gasteiger partial charge in [-0.15, -0.1) is 0 Å². The van der Waals surface area contributed by atoms with Gasteiger partial charge in [-0.25, -0.2) is 13.1 Å². The molecule has 0 aliphatic heterocycles. The van der Waals surface area contributed by atoms with Crippen molar-refractivity contribution in [3.05, 3.63) is 35.6 Å². The molecule has 17 heavy (non-hydrogen) atoms. The summed E-state index contributed by atoms with van der Waals surface area (Å²) in [6.45, 7) is 0. The summed E-state index contributed by atoms with van der Waals surface area (Å²) in [6.07, 6.45) is 4.20. The van der Waals surface area contributed by atoms with Crippen LogP contribution in [-0.4, -0.2) is 24.5 Å². The van der Waals surface area contributed by atoms with Crippen LogP contribution in [0.25, 0.3) is 5.69 Å². The molecule has 7 heteroatoms. The van der Waals surface area contributed by atoms with Crippen LogP contribution < -0.4 is 5.73 Å². The first-order valence-electron chi connectivity index (χ1n) is 4.68. The lowest BCUT2D eigenvalue weighted by atomic mass is 10.3. The van der Waals surface area contributed by atoms with Crippen molar-refractivity contribution in [3.63, 3.8) is 0 Å². The van der Waals surface area contributed by atoms with Crippen LogP contribution in [-0.2, 0) is 9.84 Å². The largest absolute Gasteiger partial charge is 0.397 e. The van der Waals surface area contributed by atoms with Crippen LogP contribution in [0.1, 0.15) is 0 Å². The van der Waals surface area contributed by atoms with Gasteiger partial charge in [0.2, 0.25) is 0 Å². The second-order valence-corrected chi connectivity index (χ2v) is 6.05. The van der Waals surface area contributed by atoms with Crippen LogP contribution in [0.3, 0.4) is 0 Å². The molecule has 2 N–H and O–H groups in total. The first-order chi connectivity index (χ1) is 7.88. The van der Waals surface area contributed by atoms with E-state index in [2.05, 4.69) is 5.10 Å².